The lowest BCUT2D eigenvalue weighted by Crippen LogP contribution is -2.19. The van der Waals surface area contributed by atoms with Crippen molar-refractivity contribution in [1.82, 2.24) is 9.38 Å². The molecule has 156 valence electrons. The Hall–Kier alpha value is -3.86. The third-order valence-corrected chi connectivity index (χ3v) is 4.95. The summed E-state index contributed by atoms with van der Waals surface area (Å²) in [7, 11) is 1.61. The van der Waals surface area contributed by atoms with Crippen molar-refractivity contribution in [3.8, 4) is 22.6 Å². The first-order valence-corrected chi connectivity index (χ1v) is 10.1. The zero-order valence-electron chi connectivity index (χ0n) is 17.8. The summed E-state index contributed by atoms with van der Waals surface area (Å²) in [5.74, 6) is 1.37. The number of aromatic nitrogens is 2. The van der Waals surface area contributed by atoms with E-state index in [1.807, 2.05) is 80.6 Å². The molecule has 0 aliphatic carbocycles. The molecule has 0 bridgehead atoms. The molecule has 0 fully saturated rings. The lowest BCUT2D eigenvalue weighted by molar-refractivity contribution is 0.242. The largest absolute Gasteiger partial charge is 0.496 e. The second-order valence-electron chi connectivity index (χ2n) is 7.44. The predicted molar refractivity (Wildman–Crippen MR) is 124 cm³/mol. The summed E-state index contributed by atoms with van der Waals surface area (Å²) >= 11 is 0. The lowest BCUT2D eigenvalue weighted by Gasteiger charge is -2.16. The number of para-hydroxylation sites is 1. The Bertz CT molecular complexity index is 1320. The van der Waals surface area contributed by atoms with Crippen LogP contribution >= 0.6 is 0 Å². The van der Waals surface area contributed by atoms with Crippen LogP contribution in [0.3, 0.4) is 0 Å². The number of nitrogens with zero attached hydrogens (tertiary/aromatic N) is 2. The maximum absolute atomic E-state index is 13.6. The van der Waals surface area contributed by atoms with Gasteiger partial charge in [0.2, 0.25) is 0 Å². The minimum absolute atomic E-state index is 0.0223. The molecular formula is C26H24N2O3. The van der Waals surface area contributed by atoms with Crippen LogP contribution in [-0.2, 0) is 0 Å². The van der Waals surface area contributed by atoms with E-state index >= 15 is 0 Å². The molecule has 31 heavy (non-hydrogen) atoms. The molecular weight excluding hydrogens is 388 g/mol. The van der Waals surface area contributed by atoms with Crippen molar-refractivity contribution in [2.24, 2.45) is 0 Å². The summed E-state index contributed by atoms with van der Waals surface area (Å²) in [5.41, 5.74) is 3.49. The molecule has 4 aromatic rings. The monoisotopic (exact) mass is 412 g/mol. The fourth-order valence-corrected chi connectivity index (χ4v) is 3.59. The molecule has 0 spiro atoms. The fraction of sp³-hybridized carbons (Fsp3) is 0.154. The number of methoxy groups -OCH3 is 1. The van der Waals surface area contributed by atoms with Crippen LogP contribution in [0.1, 0.15) is 25.1 Å². The van der Waals surface area contributed by atoms with Crippen LogP contribution < -0.4 is 15.0 Å². The Morgan fingerprint density at radius 1 is 1.03 bits per heavy atom. The van der Waals surface area contributed by atoms with Crippen molar-refractivity contribution in [2.45, 2.75) is 20.0 Å². The Kier molecular flexibility index (Phi) is 5.58. The fourth-order valence-electron chi connectivity index (χ4n) is 3.59. The van der Waals surface area contributed by atoms with Gasteiger partial charge in [-0.05, 0) is 49.7 Å². The van der Waals surface area contributed by atoms with Gasteiger partial charge in [-0.3, -0.25) is 9.20 Å². The van der Waals surface area contributed by atoms with E-state index in [1.165, 1.54) is 0 Å². The number of benzene rings is 2. The second kappa shape index (κ2) is 8.48. The van der Waals surface area contributed by atoms with E-state index in [0.29, 0.717) is 34.0 Å². The highest BCUT2D eigenvalue weighted by atomic mass is 16.5. The van der Waals surface area contributed by atoms with E-state index in [0.717, 1.165) is 11.1 Å². The van der Waals surface area contributed by atoms with E-state index < -0.39 is 0 Å². The maximum atomic E-state index is 13.6. The van der Waals surface area contributed by atoms with Crippen molar-refractivity contribution in [2.75, 3.05) is 7.11 Å². The van der Waals surface area contributed by atoms with Crippen molar-refractivity contribution < 1.29 is 9.47 Å². The van der Waals surface area contributed by atoms with Crippen molar-refractivity contribution in [1.29, 1.82) is 0 Å². The number of rotatable bonds is 6. The van der Waals surface area contributed by atoms with Crippen LogP contribution in [0.5, 0.6) is 11.5 Å². The van der Waals surface area contributed by atoms with Crippen LogP contribution in [0.2, 0.25) is 0 Å². The van der Waals surface area contributed by atoms with E-state index in [2.05, 4.69) is 6.58 Å². The van der Waals surface area contributed by atoms with Gasteiger partial charge in [0, 0.05) is 17.3 Å². The van der Waals surface area contributed by atoms with Crippen LogP contribution in [0.25, 0.3) is 22.3 Å². The van der Waals surface area contributed by atoms with Gasteiger partial charge >= 0.3 is 0 Å². The molecule has 5 nitrogen and oxygen atoms in total. The predicted octanol–water partition coefficient (Wildman–Crippen LogP) is 5.22. The van der Waals surface area contributed by atoms with Gasteiger partial charge in [-0.1, -0.05) is 43.0 Å². The quantitative estimate of drug-likeness (QED) is 0.436. The molecule has 2 heterocycles. The van der Waals surface area contributed by atoms with Crippen molar-refractivity contribution >= 4 is 11.2 Å². The number of ether oxygens (including phenoxy) is 2. The Morgan fingerprint density at radius 2 is 1.81 bits per heavy atom. The van der Waals surface area contributed by atoms with Crippen LogP contribution in [0.4, 0.5) is 0 Å². The minimum Gasteiger partial charge on any atom is -0.496 e. The van der Waals surface area contributed by atoms with E-state index in [4.69, 9.17) is 14.5 Å². The molecule has 0 atom stereocenters. The summed E-state index contributed by atoms with van der Waals surface area (Å²) in [6.45, 7) is 8.22. The zero-order chi connectivity index (χ0) is 22.0. The topological polar surface area (TPSA) is 52.8 Å². The van der Waals surface area contributed by atoms with Gasteiger partial charge in [0.1, 0.15) is 17.1 Å². The number of hydrogen-bond acceptors (Lipinski definition) is 4. The van der Waals surface area contributed by atoms with Gasteiger partial charge in [0.15, 0.2) is 0 Å². The summed E-state index contributed by atoms with van der Waals surface area (Å²) in [6, 6.07) is 20.6. The van der Waals surface area contributed by atoms with Gasteiger partial charge in [-0.25, -0.2) is 4.98 Å². The van der Waals surface area contributed by atoms with Gasteiger partial charge in [0.25, 0.3) is 5.56 Å². The van der Waals surface area contributed by atoms with Crippen LogP contribution in [0, 0.1) is 0 Å². The van der Waals surface area contributed by atoms with Gasteiger partial charge in [-0.15, -0.1) is 0 Å². The van der Waals surface area contributed by atoms with Crippen molar-refractivity contribution in [3.63, 3.8) is 0 Å². The molecule has 4 rings (SSSR count). The van der Waals surface area contributed by atoms with Crippen molar-refractivity contribution in [3.05, 3.63) is 101 Å². The number of pyridine rings is 1. The van der Waals surface area contributed by atoms with Gasteiger partial charge in [0.05, 0.1) is 24.5 Å². The third kappa shape index (κ3) is 3.94. The lowest BCUT2D eigenvalue weighted by atomic mass is 9.96. The Morgan fingerprint density at radius 3 is 2.58 bits per heavy atom. The zero-order valence-corrected chi connectivity index (χ0v) is 17.8. The summed E-state index contributed by atoms with van der Waals surface area (Å²) in [5, 5.41) is 0. The smallest absolute Gasteiger partial charge is 0.266 e. The molecule has 0 aliphatic rings. The first kappa shape index (κ1) is 20.4. The molecule has 0 unspecified atom stereocenters. The first-order chi connectivity index (χ1) is 15.0. The molecule has 0 radical (unpaired) electrons. The molecule has 0 N–H and O–H groups in total. The Balaban J connectivity index is 1.99. The molecule has 5 heteroatoms. The van der Waals surface area contributed by atoms with Crippen LogP contribution in [-0.4, -0.2) is 22.6 Å². The standard InChI is InChI=1S/C26H24N2O3/c1-17(2)31-20-11-9-10-19(16-20)24-25(18(3)21-12-5-6-13-22(21)30-4)27-23-14-7-8-15-28(23)26(24)29/h5-17H,3H2,1-2,4H3. The summed E-state index contributed by atoms with van der Waals surface area (Å²) in [4.78, 5) is 18.4. The Labute approximate surface area is 181 Å². The first-order valence-electron chi connectivity index (χ1n) is 10.1. The molecule has 2 aromatic carbocycles. The third-order valence-electron chi connectivity index (χ3n) is 4.95. The number of fused-ring (bicyclic) bond motifs is 1. The average molecular weight is 412 g/mol. The van der Waals surface area contributed by atoms with E-state index in [1.54, 1.807) is 17.7 Å². The van der Waals surface area contributed by atoms with E-state index in [9.17, 15) is 4.79 Å². The van der Waals surface area contributed by atoms with E-state index in [-0.39, 0.29) is 11.7 Å². The second-order valence-corrected chi connectivity index (χ2v) is 7.44. The highest BCUT2D eigenvalue weighted by molar-refractivity contribution is 5.88. The maximum Gasteiger partial charge on any atom is 0.266 e. The summed E-state index contributed by atoms with van der Waals surface area (Å²) < 4.78 is 12.9. The average Bonchev–Trinajstić information content (AvgIpc) is 2.78. The van der Waals surface area contributed by atoms with Crippen LogP contribution in [0.15, 0.2) is 84.3 Å². The molecule has 0 saturated carbocycles. The molecule has 0 saturated heterocycles. The normalized spacial score (nSPS) is 11.0. The SMILES string of the molecule is C=C(c1ccccc1OC)c1nc2ccccn2c(=O)c1-c1cccc(OC(C)C)c1. The molecule has 2 aromatic heterocycles. The molecule has 0 amide bonds. The minimum atomic E-state index is -0.168. The summed E-state index contributed by atoms with van der Waals surface area (Å²) in [6.07, 6.45) is 1.74. The van der Waals surface area contributed by atoms with Gasteiger partial charge in [-0.2, -0.15) is 0 Å². The highest BCUT2D eigenvalue weighted by Crippen LogP contribution is 2.34. The highest BCUT2D eigenvalue weighted by Gasteiger charge is 2.20. The number of hydrogen-bond donors (Lipinski definition) is 0. The van der Waals surface area contributed by atoms with Gasteiger partial charge < -0.3 is 9.47 Å². The molecule has 0 aliphatic heterocycles.